The van der Waals surface area contributed by atoms with Gasteiger partial charge in [-0.05, 0) is 24.4 Å². The number of aromatic nitrogens is 4. The van der Waals surface area contributed by atoms with Crippen molar-refractivity contribution in [2.45, 2.75) is 0 Å². The van der Waals surface area contributed by atoms with Gasteiger partial charge in [0.2, 0.25) is 0 Å². The van der Waals surface area contributed by atoms with Gasteiger partial charge in [0, 0.05) is 5.38 Å². The van der Waals surface area contributed by atoms with Crippen LogP contribution < -0.4 is 11.1 Å². The minimum Gasteiger partial charge on any atom is -0.376 e. The van der Waals surface area contributed by atoms with Crippen molar-refractivity contribution in [1.29, 1.82) is 0 Å². The van der Waals surface area contributed by atoms with Crippen LogP contribution in [0.3, 0.4) is 0 Å². The molecule has 3 aromatic rings. The highest BCUT2D eigenvalue weighted by Crippen LogP contribution is 2.23. The zero-order valence-electron chi connectivity index (χ0n) is 9.87. The van der Waals surface area contributed by atoms with Crippen molar-refractivity contribution in [3.05, 3.63) is 28.2 Å². The third kappa shape index (κ3) is 2.67. The predicted molar refractivity (Wildman–Crippen MR) is 83.9 cm³/mol. The Morgan fingerprint density at radius 3 is 2.80 bits per heavy atom. The van der Waals surface area contributed by atoms with Gasteiger partial charge in [-0.2, -0.15) is 0 Å². The minimum absolute atomic E-state index is 0.146. The van der Waals surface area contributed by atoms with Crippen LogP contribution in [0.15, 0.2) is 23.7 Å². The molecule has 0 bridgehead atoms. The van der Waals surface area contributed by atoms with E-state index in [9.17, 15) is 0 Å². The quantitative estimate of drug-likeness (QED) is 0.700. The summed E-state index contributed by atoms with van der Waals surface area (Å²) in [6.45, 7) is 0. The zero-order valence-corrected chi connectivity index (χ0v) is 12.3. The number of halogens is 1. The van der Waals surface area contributed by atoms with Crippen molar-refractivity contribution < 1.29 is 0 Å². The average molecular weight is 323 g/mol. The Labute approximate surface area is 128 Å². The number of nitrogens with two attached hydrogens (primary N) is 1. The monoisotopic (exact) mass is 322 g/mol. The first-order valence-corrected chi connectivity index (χ1v) is 7.10. The molecule has 3 rings (SSSR count). The van der Waals surface area contributed by atoms with Crippen LogP contribution in [0.4, 0.5) is 5.82 Å². The number of thiazole rings is 1. The first kappa shape index (κ1) is 13.1. The maximum absolute atomic E-state index is 5.82. The van der Waals surface area contributed by atoms with Crippen molar-refractivity contribution in [2.24, 2.45) is 5.73 Å². The molecule has 0 spiro atoms. The van der Waals surface area contributed by atoms with Gasteiger partial charge in [0.05, 0.1) is 6.20 Å². The fourth-order valence-electron chi connectivity index (χ4n) is 1.59. The molecular weight excluding hydrogens is 316 g/mol. The van der Waals surface area contributed by atoms with Crippen molar-refractivity contribution in [3.8, 4) is 11.4 Å². The smallest absolute Gasteiger partial charge is 0.184 e. The van der Waals surface area contributed by atoms with E-state index >= 15 is 0 Å². The predicted octanol–water partition coefficient (Wildman–Crippen LogP) is 2.46. The van der Waals surface area contributed by atoms with Gasteiger partial charge < -0.3 is 11.1 Å². The topological polar surface area (TPSA) is 89.6 Å². The molecule has 0 aliphatic heterocycles. The standard InChI is InChI=1S/C11H7ClN6S2/c12-10-16-7(4-20-10)6-3-14-5-1-2-8(18-11(13)19)17-9(5)15-6/h1-4H,(H3,13,15,17,18,19). The van der Waals surface area contributed by atoms with Gasteiger partial charge in [0.25, 0.3) is 0 Å². The summed E-state index contributed by atoms with van der Waals surface area (Å²) in [6, 6.07) is 3.52. The van der Waals surface area contributed by atoms with Crippen molar-refractivity contribution in [1.82, 2.24) is 19.9 Å². The third-order valence-corrected chi connectivity index (χ3v) is 3.48. The zero-order chi connectivity index (χ0) is 14.1. The second-order valence-electron chi connectivity index (χ2n) is 3.77. The van der Waals surface area contributed by atoms with Crippen LogP contribution in [-0.4, -0.2) is 25.0 Å². The van der Waals surface area contributed by atoms with Crippen molar-refractivity contribution in [3.63, 3.8) is 0 Å². The van der Waals surface area contributed by atoms with E-state index in [1.807, 2.05) is 5.38 Å². The van der Waals surface area contributed by atoms with Crippen LogP contribution in [-0.2, 0) is 0 Å². The highest BCUT2D eigenvalue weighted by atomic mass is 35.5. The number of thiocarbonyl (C=S) groups is 1. The lowest BCUT2D eigenvalue weighted by Crippen LogP contribution is -2.19. The molecule has 0 atom stereocenters. The van der Waals surface area contributed by atoms with Crippen LogP contribution in [0.1, 0.15) is 0 Å². The molecule has 0 unspecified atom stereocenters. The van der Waals surface area contributed by atoms with E-state index in [0.29, 0.717) is 32.8 Å². The minimum atomic E-state index is 0.146. The molecule has 6 nitrogen and oxygen atoms in total. The summed E-state index contributed by atoms with van der Waals surface area (Å²) in [5, 5.41) is 4.72. The Hall–Kier alpha value is -1.90. The van der Waals surface area contributed by atoms with Crippen LogP contribution in [0, 0.1) is 0 Å². The molecule has 0 radical (unpaired) electrons. The highest BCUT2D eigenvalue weighted by molar-refractivity contribution is 7.80. The van der Waals surface area contributed by atoms with Gasteiger partial charge in [0.15, 0.2) is 15.2 Å². The van der Waals surface area contributed by atoms with Crippen LogP contribution >= 0.6 is 35.2 Å². The Kier molecular flexibility index (Phi) is 3.43. The van der Waals surface area contributed by atoms with Crippen molar-refractivity contribution >= 4 is 57.2 Å². The molecule has 0 saturated carbocycles. The number of hydrogen-bond donors (Lipinski definition) is 2. The molecule has 3 aromatic heterocycles. The van der Waals surface area contributed by atoms with Crippen molar-refractivity contribution in [2.75, 3.05) is 5.32 Å². The molecule has 0 aliphatic carbocycles. The first-order chi connectivity index (χ1) is 9.61. The lowest BCUT2D eigenvalue weighted by molar-refractivity contribution is 1.21. The maximum atomic E-state index is 5.82. The van der Waals surface area contributed by atoms with E-state index in [-0.39, 0.29) is 5.11 Å². The van der Waals surface area contributed by atoms with E-state index in [1.54, 1.807) is 18.3 Å². The summed E-state index contributed by atoms with van der Waals surface area (Å²) < 4.78 is 0.457. The molecule has 0 amide bonds. The molecule has 0 saturated heterocycles. The normalized spacial score (nSPS) is 10.7. The first-order valence-electron chi connectivity index (χ1n) is 5.43. The second kappa shape index (κ2) is 5.23. The van der Waals surface area contributed by atoms with Gasteiger partial charge in [-0.25, -0.2) is 15.0 Å². The Balaban J connectivity index is 2.06. The summed E-state index contributed by atoms with van der Waals surface area (Å²) in [7, 11) is 0. The lowest BCUT2D eigenvalue weighted by Gasteiger charge is -2.04. The molecule has 3 N–H and O–H groups in total. The number of fused-ring (bicyclic) bond motifs is 1. The average Bonchev–Trinajstić information content (AvgIpc) is 2.84. The molecule has 9 heteroatoms. The summed E-state index contributed by atoms with van der Waals surface area (Å²) in [6.07, 6.45) is 1.63. The van der Waals surface area contributed by atoms with Crippen LogP contribution in [0.25, 0.3) is 22.6 Å². The van der Waals surface area contributed by atoms with Gasteiger partial charge in [0.1, 0.15) is 22.7 Å². The van der Waals surface area contributed by atoms with E-state index in [0.717, 1.165) is 0 Å². The molecule has 0 fully saturated rings. The molecule has 100 valence electrons. The van der Waals surface area contributed by atoms with Gasteiger partial charge in [-0.3, -0.25) is 4.98 Å². The Bertz CT molecular complexity index is 802. The molecule has 0 aliphatic rings. The number of pyridine rings is 1. The van der Waals surface area contributed by atoms with Gasteiger partial charge >= 0.3 is 0 Å². The Morgan fingerprint density at radius 2 is 2.10 bits per heavy atom. The summed E-state index contributed by atoms with van der Waals surface area (Å²) in [5.41, 5.74) is 7.84. The molecular formula is C11H7ClN6S2. The lowest BCUT2D eigenvalue weighted by atomic mass is 10.3. The fraction of sp³-hybridized carbons (Fsp3) is 0. The largest absolute Gasteiger partial charge is 0.376 e. The Morgan fingerprint density at radius 1 is 1.25 bits per heavy atom. The number of nitrogens with zero attached hydrogens (tertiary/aromatic N) is 4. The van der Waals surface area contributed by atoms with Gasteiger partial charge in [-0.15, -0.1) is 11.3 Å². The summed E-state index contributed by atoms with van der Waals surface area (Å²) in [4.78, 5) is 17.2. The SMILES string of the molecule is NC(=S)Nc1ccc2ncc(-c3csc(Cl)n3)nc2n1. The molecule has 3 heterocycles. The van der Waals surface area contributed by atoms with E-state index in [4.69, 9.17) is 29.6 Å². The van der Waals surface area contributed by atoms with Crippen LogP contribution in [0.2, 0.25) is 4.47 Å². The second-order valence-corrected chi connectivity index (χ2v) is 5.65. The summed E-state index contributed by atoms with van der Waals surface area (Å²) in [5.74, 6) is 0.521. The molecule has 0 aromatic carbocycles. The van der Waals surface area contributed by atoms with E-state index < -0.39 is 0 Å². The van der Waals surface area contributed by atoms with E-state index in [1.165, 1.54) is 11.3 Å². The molecule has 20 heavy (non-hydrogen) atoms. The number of rotatable bonds is 2. The number of nitrogens with one attached hydrogen (secondary N) is 1. The number of hydrogen-bond acceptors (Lipinski definition) is 6. The number of anilines is 1. The van der Waals surface area contributed by atoms with E-state index in [2.05, 4.69) is 25.3 Å². The maximum Gasteiger partial charge on any atom is 0.184 e. The third-order valence-electron chi connectivity index (χ3n) is 2.40. The fourth-order valence-corrected chi connectivity index (χ4v) is 2.45. The highest BCUT2D eigenvalue weighted by Gasteiger charge is 2.08. The van der Waals surface area contributed by atoms with Gasteiger partial charge in [-0.1, -0.05) is 11.6 Å². The summed E-state index contributed by atoms with van der Waals surface area (Å²) >= 11 is 11.9. The van der Waals surface area contributed by atoms with Crippen LogP contribution in [0.5, 0.6) is 0 Å².